The van der Waals surface area contributed by atoms with E-state index >= 15 is 0 Å². The van der Waals surface area contributed by atoms with Crippen molar-refractivity contribution >= 4 is 34.2 Å². The van der Waals surface area contributed by atoms with Crippen LogP contribution in [0.1, 0.15) is 63.0 Å². The number of phenols is 1. The molecule has 0 atom stereocenters. The van der Waals surface area contributed by atoms with Gasteiger partial charge in [-0.05, 0) is 63.9 Å². The number of carbonyl (C=O) groups is 1. The first kappa shape index (κ1) is 20.7. The topological polar surface area (TPSA) is 37.3 Å². The van der Waals surface area contributed by atoms with Gasteiger partial charge in [-0.15, -0.1) is 0 Å². The van der Waals surface area contributed by atoms with Gasteiger partial charge in [0.25, 0.3) is 0 Å². The van der Waals surface area contributed by atoms with Crippen molar-refractivity contribution < 1.29 is 9.90 Å². The molecule has 1 N–H and O–H groups in total. The highest BCUT2D eigenvalue weighted by molar-refractivity contribution is 6.30. The zero-order valence-electron chi connectivity index (χ0n) is 18.4. The van der Waals surface area contributed by atoms with Crippen molar-refractivity contribution in [2.75, 3.05) is 0 Å². The Morgan fingerprint density at radius 3 is 2.03 bits per heavy atom. The Morgan fingerprint density at radius 1 is 0.833 bits per heavy atom. The van der Waals surface area contributed by atoms with Crippen LogP contribution in [0.2, 0.25) is 5.02 Å². The van der Waals surface area contributed by atoms with Gasteiger partial charge in [-0.1, -0.05) is 65.3 Å². The molecule has 0 unspecified atom stereocenters. The third kappa shape index (κ3) is 3.33. The smallest absolute Gasteiger partial charge is 0.190 e. The van der Waals surface area contributed by atoms with Gasteiger partial charge in [0, 0.05) is 32.5 Å². The van der Waals surface area contributed by atoms with Crippen LogP contribution in [0.4, 0.5) is 0 Å². The Morgan fingerprint density at radius 2 is 1.47 bits per heavy atom. The van der Waals surface area contributed by atoms with E-state index in [1.807, 2.05) is 48.5 Å². The average Bonchev–Trinajstić information content (AvgIpc) is 2.64. The first-order chi connectivity index (χ1) is 13.9. The van der Waals surface area contributed by atoms with E-state index in [-0.39, 0.29) is 22.4 Å². The minimum absolute atomic E-state index is 0.0266. The van der Waals surface area contributed by atoms with Crippen molar-refractivity contribution in [1.82, 2.24) is 0 Å². The van der Waals surface area contributed by atoms with Crippen molar-refractivity contribution in [1.29, 1.82) is 0 Å². The first-order valence-corrected chi connectivity index (χ1v) is 10.6. The van der Waals surface area contributed by atoms with E-state index in [0.29, 0.717) is 10.6 Å². The number of carbonyl (C=O) groups excluding carboxylic acids is 1. The number of halogens is 1. The summed E-state index contributed by atoms with van der Waals surface area (Å²) in [4.78, 5) is 13.5. The summed E-state index contributed by atoms with van der Waals surface area (Å²) in [5.41, 5.74) is 4.65. The number of benzene rings is 3. The highest BCUT2D eigenvalue weighted by Gasteiger charge is 2.32. The second kappa shape index (κ2) is 6.72. The summed E-state index contributed by atoms with van der Waals surface area (Å²) in [6.45, 7) is 12.5. The van der Waals surface area contributed by atoms with Gasteiger partial charge in [-0.2, -0.15) is 0 Å². The van der Waals surface area contributed by atoms with Gasteiger partial charge in [0.2, 0.25) is 0 Å². The molecule has 0 radical (unpaired) electrons. The molecule has 3 aromatic carbocycles. The minimum atomic E-state index is -0.281. The number of phenolic OH excluding ortho intramolecular Hbond substituents is 1. The van der Waals surface area contributed by atoms with Crippen LogP contribution in [0.3, 0.4) is 0 Å². The molecule has 30 heavy (non-hydrogen) atoms. The van der Waals surface area contributed by atoms with Crippen LogP contribution >= 0.6 is 11.6 Å². The van der Waals surface area contributed by atoms with Crippen molar-refractivity contribution in [3.05, 3.63) is 69.8 Å². The molecule has 0 aliphatic heterocycles. The summed E-state index contributed by atoms with van der Waals surface area (Å²) < 4.78 is 0. The van der Waals surface area contributed by atoms with E-state index in [2.05, 4.69) is 41.5 Å². The molecule has 3 aromatic rings. The minimum Gasteiger partial charge on any atom is -0.507 e. The van der Waals surface area contributed by atoms with Crippen molar-refractivity contribution in [3.63, 3.8) is 0 Å². The number of hydrogen-bond acceptors (Lipinski definition) is 2. The lowest BCUT2D eigenvalue weighted by molar-refractivity contribution is 0.101. The summed E-state index contributed by atoms with van der Waals surface area (Å²) in [7, 11) is 0. The quantitative estimate of drug-likeness (QED) is 0.437. The van der Waals surface area contributed by atoms with Gasteiger partial charge in [0.1, 0.15) is 5.75 Å². The zero-order valence-corrected chi connectivity index (χ0v) is 19.1. The predicted octanol–water partition coefficient (Wildman–Crippen LogP) is 7.79. The van der Waals surface area contributed by atoms with Crippen LogP contribution in [0, 0.1) is 5.41 Å². The fourth-order valence-electron chi connectivity index (χ4n) is 4.18. The summed E-state index contributed by atoms with van der Waals surface area (Å²) >= 11 is 6.07. The van der Waals surface area contributed by atoms with Gasteiger partial charge in [-0.25, -0.2) is 0 Å². The molecule has 1 aliphatic rings. The lowest BCUT2D eigenvalue weighted by Crippen LogP contribution is -2.21. The molecule has 0 spiro atoms. The molecule has 0 saturated carbocycles. The number of allylic oxidation sites excluding steroid dienone is 1. The van der Waals surface area contributed by atoms with E-state index in [9.17, 15) is 9.90 Å². The van der Waals surface area contributed by atoms with Gasteiger partial charge in [0.15, 0.2) is 5.78 Å². The molecule has 0 fully saturated rings. The van der Waals surface area contributed by atoms with Gasteiger partial charge in [0.05, 0.1) is 0 Å². The monoisotopic (exact) mass is 418 g/mol. The summed E-state index contributed by atoms with van der Waals surface area (Å²) in [6, 6.07) is 13.5. The Labute approximate surface area is 183 Å². The van der Waals surface area contributed by atoms with Crippen LogP contribution < -0.4 is 0 Å². The third-order valence-corrected chi connectivity index (χ3v) is 6.07. The van der Waals surface area contributed by atoms with Crippen molar-refractivity contribution in [2.24, 2.45) is 5.41 Å². The average molecular weight is 419 g/mol. The molecular formula is C27H27ClO2. The Kier molecular flexibility index (Phi) is 4.63. The molecule has 0 amide bonds. The molecular weight excluding hydrogens is 392 g/mol. The fraction of sp³-hybridized carbons (Fsp3) is 0.296. The molecule has 154 valence electrons. The molecule has 1 aliphatic carbocycles. The Hall–Kier alpha value is -2.58. The highest BCUT2D eigenvalue weighted by Crippen LogP contribution is 2.46. The molecule has 2 nitrogen and oxygen atoms in total. The maximum atomic E-state index is 13.5. The molecule has 0 heterocycles. The van der Waals surface area contributed by atoms with Crippen LogP contribution in [0.5, 0.6) is 5.75 Å². The first-order valence-electron chi connectivity index (χ1n) is 10.2. The number of aromatic hydroxyl groups is 1. The second-order valence-corrected chi connectivity index (χ2v) is 10.6. The lowest BCUT2D eigenvalue weighted by atomic mass is 9.74. The molecule has 0 aromatic heterocycles. The van der Waals surface area contributed by atoms with Crippen molar-refractivity contribution in [3.8, 4) is 16.9 Å². The van der Waals surface area contributed by atoms with Crippen LogP contribution in [-0.4, -0.2) is 10.9 Å². The Bertz CT molecular complexity index is 1220. The van der Waals surface area contributed by atoms with Gasteiger partial charge >= 0.3 is 0 Å². The van der Waals surface area contributed by atoms with Gasteiger partial charge in [-0.3, -0.25) is 4.79 Å². The lowest BCUT2D eigenvalue weighted by Gasteiger charge is -2.29. The van der Waals surface area contributed by atoms with E-state index in [1.54, 1.807) is 0 Å². The molecule has 0 bridgehead atoms. The summed E-state index contributed by atoms with van der Waals surface area (Å²) in [5.74, 6) is 0.275. The highest BCUT2D eigenvalue weighted by atomic mass is 35.5. The third-order valence-electron chi connectivity index (χ3n) is 5.82. The molecule has 3 heteroatoms. The normalized spacial score (nSPS) is 14.2. The van der Waals surface area contributed by atoms with E-state index in [4.69, 9.17) is 11.6 Å². The van der Waals surface area contributed by atoms with E-state index in [1.165, 1.54) is 0 Å². The SMILES string of the molecule is CC(C)(C)C1=Cc2cc(C(C)(C)C)c(O)c3cc(-c4ccc(Cl)cc4)cc(c23)C1=O. The Balaban J connectivity index is 2.12. The summed E-state index contributed by atoms with van der Waals surface area (Å²) in [6.07, 6.45) is 2.01. The van der Waals surface area contributed by atoms with Crippen molar-refractivity contribution in [2.45, 2.75) is 47.0 Å². The second-order valence-electron chi connectivity index (χ2n) is 10.2. The largest absolute Gasteiger partial charge is 0.507 e. The fourth-order valence-corrected chi connectivity index (χ4v) is 4.30. The number of Topliss-reactive ketones (excluding diaryl/α,β-unsaturated/α-hetero) is 1. The number of hydrogen-bond donors (Lipinski definition) is 1. The standard InChI is InChI=1S/C27H27ClO2/c1-26(2,3)21-13-17-14-22(27(4,5)6)25(30)20-12-16(11-19(23(17)20)24(21)29)15-7-9-18(28)10-8-15/h7-14,29H,1-6H3. The number of ketones is 1. The summed E-state index contributed by atoms with van der Waals surface area (Å²) in [5, 5.41) is 13.4. The van der Waals surface area contributed by atoms with Gasteiger partial charge < -0.3 is 5.11 Å². The maximum Gasteiger partial charge on any atom is 0.190 e. The zero-order chi connectivity index (χ0) is 22.0. The number of rotatable bonds is 1. The van der Waals surface area contributed by atoms with Crippen LogP contribution in [0.25, 0.3) is 28.0 Å². The molecule has 0 saturated heterocycles. The molecule has 4 rings (SSSR count). The predicted molar refractivity (Wildman–Crippen MR) is 127 cm³/mol. The van der Waals surface area contributed by atoms with Crippen LogP contribution in [0.15, 0.2) is 48.0 Å². The maximum absolute atomic E-state index is 13.5. The van der Waals surface area contributed by atoms with E-state index in [0.717, 1.165) is 38.6 Å². The van der Waals surface area contributed by atoms with E-state index < -0.39 is 0 Å². The van der Waals surface area contributed by atoms with Crippen LogP contribution in [-0.2, 0) is 5.41 Å².